The number of carbonyl (C=O) groups excluding carboxylic acids is 1. The minimum Gasteiger partial charge on any atom is -0.494 e. The molecule has 0 saturated heterocycles. The number of hydrogen-bond acceptors (Lipinski definition) is 5. The first kappa shape index (κ1) is 24.6. The molecular formula is C26H36N2O3. The van der Waals surface area contributed by atoms with Gasteiger partial charge in [-0.05, 0) is 81.0 Å². The fourth-order valence-electron chi connectivity index (χ4n) is 3.18. The minimum atomic E-state index is -0.119. The van der Waals surface area contributed by atoms with Crippen LogP contribution in [0.15, 0.2) is 58.8 Å². The maximum atomic E-state index is 11.3. The summed E-state index contributed by atoms with van der Waals surface area (Å²) < 4.78 is 10.7. The molecule has 168 valence electrons. The van der Waals surface area contributed by atoms with E-state index in [1.165, 1.54) is 31.2 Å². The second kappa shape index (κ2) is 15.2. The number of unbranched alkanes of at least 4 members (excludes halogenated alkanes) is 5. The quantitative estimate of drug-likeness (QED) is 0.167. The highest BCUT2D eigenvalue weighted by atomic mass is 16.5. The predicted molar refractivity (Wildman–Crippen MR) is 126 cm³/mol. The number of aryl methyl sites for hydroxylation is 1. The van der Waals surface area contributed by atoms with Crippen LogP contribution in [-0.2, 0) is 16.0 Å². The van der Waals surface area contributed by atoms with Crippen LogP contribution >= 0.6 is 0 Å². The zero-order valence-corrected chi connectivity index (χ0v) is 19.0. The van der Waals surface area contributed by atoms with Crippen LogP contribution in [0.3, 0.4) is 0 Å². The van der Waals surface area contributed by atoms with Gasteiger partial charge in [-0.15, -0.1) is 0 Å². The van der Waals surface area contributed by atoms with E-state index in [0.29, 0.717) is 19.6 Å². The van der Waals surface area contributed by atoms with E-state index in [0.717, 1.165) is 42.8 Å². The van der Waals surface area contributed by atoms with Crippen LogP contribution in [-0.4, -0.2) is 19.2 Å². The lowest BCUT2D eigenvalue weighted by Gasteiger charge is -2.06. The highest BCUT2D eigenvalue weighted by Gasteiger charge is 2.01. The van der Waals surface area contributed by atoms with E-state index < -0.39 is 0 Å². The summed E-state index contributed by atoms with van der Waals surface area (Å²) in [4.78, 5) is 11.3. The van der Waals surface area contributed by atoms with E-state index in [2.05, 4.69) is 29.3 Å². The van der Waals surface area contributed by atoms with Crippen LogP contribution in [0.25, 0.3) is 0 Å². The van der Waals surface area contributed by atoms with Gasteiger partial charge in [0.05, 0.1) is 24.6 Å². The van der Waals surface area contributed by atoms with E-state index in [4.69, 9.17) is 9.47 Å². The summed E-state index contributed by atoms with van der Waals surface area (Å²) in [5.41, 5.74) is 3.02. The van der Waals surface area contributed by atoms with Crippen LogP contribution in [0.1, 0.15) is 70.8 Å². The molecule has 0 aromatic heterocycles. The number of ether oxygens (including phenoxy) is 2. The SMILES string of the molecule is CCCCCCc1ccc(N=Nc2ccc(OCCCCCC(=O)OCC)cc2)cc1. The molecule has 0 amide bonds. The first-order chi connectivity index (χ1) is 15.2. The van der Waals surface area contributed by atoms with Crippen molar-refractivity contribution < 1.29 is 14.3 Å². The fraction of sp³-hybridized carbons (Fsp3) is 0.500. The molecular weight excluding hydrogens is 388 g/mol. The van der Waals surface area contributed by atoms with Gasteiger partial charge >= 0.3 is 5.97 Å². The molecule has 0 spiro atoms. The molecule has 0 bridgehead atoms. The van der Waals surface area contributed by atoms with Crippen molar-refractivity contribution in [3.63, 3.8) is 0 Å². The average molecular weight is 425 g/mol. The molecule has 0 aliphatic carbocycles. The average Bonchev–Trinajstić information content (AvgIpc) is 2.79. The van der Waals surface area contributed by atoms with E-state index in [1.54, 1.807) is 0 Å². The number of esters is 1. The van der Waals surface area contributed by atoms with Crippen molar-refractivity contribution in [2.45, 2.75) is 71.6 Å². The molecule has 5 heteroatoms. The zero-order valence-electron chi connectivity index (χ0n) is 19.0. The third-order valence-electron chi connectivity index (χ3n) is 4.97. The first-order valence-corrected chi connectivity index (χ1v) is 11.6. The number of nitrogens with zero attached hydrogens (tertiary/aromatic N) is 2. The summed E-state index contributed by atoms with van der Waals surface area (Å²) in [5.74, 6) is 0.697. The molecule has 0 aliphatic rings. The van der Waals surface area contributed by atoms with Crippen LogP contribution in [0.4, 0.5) is 11.4 Å². The Hall–Kier alpha value is -2.69. The smallest absolute Gasteiger partial charge is 0.305 e. The summed E-state index contributed by atoms with van der Waals surface area (Å²) >= 11 is 0. The normalized spacial score (nSPS) is 11.0. The molecule has 0 unspecified atom stereocenters. The summed E-state index contributed by atoms with van der Waals surface area (Å²) in [7, 11) is 0. The largest absolute Gasteiger partial charge is 0.494 e. The Kier molecular flexibility index (Phi) is 12.0. The first-order valence-electron chi connectivity index (χ1n) is 11.6. The zero-order chi connectivity index (χ0) is 22.2. The minimum absolute atomic E-state index is 0.119. The number of azo groups is 1. The van der Waals surface area contributed by atoms with Crippen LogP contribution in [0, 0.1) is 0 Å². The summed E-state index contributed by atoms with van der Waals surface area (Å²) in [6.07, 6.45) is 9.43. The predicted octanol–water partition coefficient (Wildman–Crippen LogP) is 7.73. The van der Waals surface area contributed by atoms with E-state index in [1.807, 2.05) is 43.3 Å². The molecule has 2 rings (SSSR count). The van der Waals surface area contributed by atoms with Crippen LogP contribution in [0.5, 0.6) is 5.75 Å². The molecule has 2 aromatic rings. The summed E-state index contributed by atoms with van der Waals surface area (Å²) in [6.45, 7) is 5.14. The third kappa shape index (κ3) is 10.8. The van der Waals surface area contributed by atoms with E-state index >= 15 is 0 Å². The van der Waals surface area contributed by atoms with Gasteiger partial charge in [0.15, 0.2) is 0 Å². The molecule has 0 N–H and O–H groups in total. The van der Waals surface area contributed by atoms with Gasteiger partial charge in [-0.3, -0.25) is 4.79 Å². The lowest BCUT2D eigenvalue weighted by Crippen LogP contribution is -2.04. The molecule has 2 aromatic carbocycles. The monoisotopic (exact) mass is 424 g/mol. The Morgan fingerprint density at radius 2 is 1.42 bits per heavy atom. The molecule has 5 nitrogen and oxygen atoms in total. The van der Waals surface area contributed by atoms with Crippen molar-refractivity contribution in [1.29, 1.82) is 0 Å². The Labute approximate surface area is 186 Å². The molecule has 0 heterocycles. The van der Waals surface area contributed by atoms with Crippen molar-refractivity contribution in [3.8, 4) is 5.75 Å². The van der Waals surface area contributed by atoms with Crippen LogP contribution in [0.2, 0.25) is 0 Å². The lowest BCUT2D eigenvalue weighted by molar-refractivity contribution is -0.143. The number of benzene rings is 2. The second-order valence-electron chi connectivity index (χ2n) is 7.64. The highest BCUT2D eigenvalue weighted by molar-refractivity contribution is 5.69. The topological polar surface area (TPSA) is 60.2 Å². The van der Waals surface area contributed by atoms with Crippen molar-refractivity contribution in [3.05, 3.63) is 54.1 Å². The Morgan fingerprint density at radius 3 is 2.06 bits per heavy atom. The lowest BCUT2D eigenvalue weighted by atomic mass is 10.1. The van der Waals surface area contributed by atoms with Gasteiger partial charge in [0.1, 0.15) is 5.75 Å². The molecule has 0 saturated carbocycles. The Bertz CT molecular complexity index is 770. The second-order valence-corrected chi connectivity index (χ2v) is 7.64. The molecule has 31 heavy (non-hydrogen) atoms. The van der Waals surface area contributed by atoms with Crippen LogP contribution < -0.4 is 4.74 Å². The van der Waals surface area contributed by atoms with Crippen molar-refractivity contribution in [2.24, 2.45) is 10.2 Å². The Morgan fingerprint density at radius 1 is 0.774 bits per heavy atom. The highest BCUT2D eigenvalue weighted by Crippen LogP contribution is 2.22. The van der Waals surface area contributed by atoms with Gasteiger partial charge in [0.25, 0.3) is 0 Å². The molecule has 0 fully saturated rings. The van der Waals surface area contributed by atoms with Crippen molar-refractivity contribution in [1.82, 2.24) is 0 Å². The van der Waals surface area contributed by atoms with Gasteiger partial charge in [-0.1, -0.05) is 38.3 Å². The van der Waals surface area contributed by atoms with Gasteiger partial charge in [-0.2, -0.15) is 10.2 Å². The number of hydrogen-bond donors (Lipinski definition) is 0. The van der Waals surface area contributed by atoms with E-state index in [-0.39, 0.29) is 5.97 Å². The van der Waals surface area contributed by atoms with E-state index in [9.17, 15) is 4.79 Å². The van der Waals surface area contributed by atoms with Gasteiger partial charge in [0, 0.05) is 6.42 Å². The van der Waals surface area contributed by atoms with Gasteiger partial charge < -0.3 is 9.47 Å². The molecule has 0 atom stereocenters. The van der Waals surface area contributed by atoms with Gasteiger partial charge in [0.2, 0.25) is 0 Å². The van der Waals surface area contributed by atoms with Crippen molar-refractivity contribution in [2.75, 3.05) is 13.2 Å². The molecule has 0 aliphatic heterocycles. The number of carbonyl (C=O) groups is 1. The maximum Gasteiger partial charge on any atom is 0.305 e. The summed E-state index contributed by atoms with van der Waals surface area (Å²) in [6, 6.07) is 16.0. The van der Waals surface area contributed by atoms with Crippen molar-refractivity contribution >= 4 is 17.3 Å². The fourth-order valence-corrected chi connectivity index (χ4v) is 3.18. The number of rotatable bonds is 15. The summed E-state index contributed by atoms with van der Waals surface area (Å²) in [5, 5.41) is 8.64. The Balaban J connectivity index is 1.67. The third-order valence-corrected chi connectivity index (χ3v) is 4.97. The maximum absolute atomic E-state index is 11.3. The van der Waals surface area contributed by atoms with Gasteiger partial charge in [-0.25, -0.2) is 0 Å². The molecule has 0 radical (unpaired) electrons. The standard InChI is InChI=1S/C26H36N2O3/c1-3-5-6-8-11-22-13-15-23(16-14-22)27-28-24-17-19-25(20-18-24)31-21-10-7-9-12-26(29)30-4-2/h13-20H,3-12,21H2,1-2H3.